The normalized spacial score (nSPS) is 23.2. The lowest BCUT2D eigenvalue weighted by molar-refractivity contribution is -0.0646. The monoisotopic (exact) mass is 418 g/mol. The van der Waals surface area contributed by atoms with Gasteiger partial charge in [-0.1, -0.05) is 84.9 Å². The molecule has 0 spiro atoms. The molecule has 0 aromatic heterocycles. The van der Waals surface area contributed by atoms with Gasteiger partial charge in [-0.05, 0) is 24.3 Å². The molecule has 0 fully saturated rings. The zero-order valence-electron chi connectivity index (χ0n) is 17.0. The second kappa shape index (κ2) is 6.66. The summed E-state index contributed by atoms with van der Waals surface area (Å²) in [6.07, 6.45) is 0. The third-order valence-electron chi connectivity index (χ3n) is 6.29. The topological polar surface area (TPSA) is 52.6 Å². The van der Waals surface area contributed by atoms with Crippen molar-refractivity contribution >= 4 is 11.6 Å². The molecule has 2 atom stereocenters. The van der Waals surface area contributed by atoms with Crippen molar-refractivity contribution in [2.24, 2.45) is 0 Å². The van der Waals surface area contributed by atoms with Crippen LogP contribution in [0.5, 0.6) is 11.5 Å². The maximum atomic E-state index is 14.2. The van der Waals surface area contributed by atoms with Crippen LogP contribution in [0.1, 0.15) is 31.8 Å². The standard InChI is InChI=1S/C28H18O4/c29-25-21-15-7-9-17-23(21)31-27(25,19-11-3-1-4-12-19)28(20-13-5-2-6-14-20)26(30)22-16-8-10-18-24(22)32-28/h1-18H. The first kappa shape index (κ1) is 18.6. The molecule has 2 unspecified atom stereocenters. The van der Waals surface area contributed by atoms with Crippen LogP contribution >= 0.6 is 0 Å². The minimum Gasteiger partial charge on any atom is -0.468 e. The van der Waals surface area contributed by atoms with Gasteiger partial charge in [-0.3, -0.25) is 9.59 Å². The fraction of sp³-hybridized carbons (Fsp3) is 0.0714. The first-order chi connectivity index (χ1) is 15.7. The molecule has 2 aliphatic rings. The molecular weight excluding hydrogens is 400 g/mol. The number of carbonyl (C=O) groups excluding carboxylic acids is 2. The molecule has 2 aliphatic heterocycles. The number of para-hydroxylation sites is 2. The number of carbonyl (C=O) groups is 2. The van der Waals surface area contributed by atoms with Crippen molar-refractivity contribution in [3.63, 3.8) is 0 Å². The first-order valence-corrected chi connectivity index (χ1v) is 10.5. The number of Topliss-reactive ketones (excluding diaryl/α,β-unsaturated/α-hetero) is 2. The Bertz CT molecular complexity index is 1260. The van der Waals surface area contributed by atoms with Crippen LogP contribution < -0.4 is 9.47 Å². The van der Waals surface area contributed by atoms with Gasteiger partial charge in [-0.15, -0.1) is 0 Å². The van der Waals surface area contributed by atoms with E-state index < -0.39 is 11.2 Å². The molecule has 0 saturated heterocycles. The third-order valence-corrected chi connectivity index (χ3v) is 6.29. The lowest BCUT2D eigenvalue weighted by Crippen LogP contribution is -2.61. The number of ether oxygens (including phenoxy) is 2. The maximum Gasteiger partial charge on any atom is 0.247 e. The van der Waals surface area contributed by atoms with Gasteiger partial charge < -0.3 is 9.47 Å². The predicted molar refractivity (Wildman–Crippen MR) is 119 cm³/mol. The van der Waals surface area contributed by atoms with Gasteiger partial charge in [0.05, 0.1) is 11.1 Å². The van der Waals surface area contributed by atoms with E-state index in [4.69, 9.17) is 9.47 Å². The summed E-state index contributed by atoms with van der Waals surface area (Å²) >= 11 is 0. The fourth-order valence-electron chi connectivity index (χ4n) is 4.88. The molecule has 6 rings (SSSR count). The van der Waals surface area contributed by atoms with Crippen LogP contribution in [0.2, 0.25) is 0 Å². The molecule has 0 aliphatic carbocycles. The quantitative estimate of drug-likeness (QED) is 0.451. The molecule has 4 heteroatoms. The molecule has 0 saturated carbocycles. The fourth-order valence-corrected chi connectivity index (χ4v) is 4.88. The summed E-state index contributed by atoms with van der Waals surface area (Å²) < 4.78 is 13.1. The largest absolute Gasteiger partial charge is 0.468 e. The van der Waals surface area contributed by atoms with Crippen molar-refractivity contribution in [3.8, 4) is 11.5 Å². The Labute approximate surface area is 185 Å². The van der Waals surface area contributed by atoms with Gasteiger partial charge in [-0.25, -0.2) is 0 Å². The second-order valence-corrected chi connectivity index (χ2v) is 7.95. The Morgan fingerprint density at radius 1 is 0.438 bits per heavy atom. The van der Waals surface area contributed by atoms with Crippen LogP contribution in [-0.2, 0) is 11.2 Å². The highest BCUT2D eigenvalue weighted by atomic mass is 16.6. The van der Waals surface area contributed by atoms with Crippen molar-refractivity contribution in [1.82, 2.24) is 0 Å². The molecule has 0 amide bonds. The Balaban J connectivity index is 1.72. The second-order valence-electron chi connectivity index (χ2n) is 7.95. The van der Waals surface area contributed by atoms with Gasteiger partial charge in [0.2, 0.25) is 22.8 Å². The van der Waals surface area contributed by atoms with Gasteiger partial charge in [0, 0.05) is 11.1 Å². The first-order valence-electron chi connectivity index (χ1n) is 10.5. The molecule has 2 heterocycles. The smallest absolute Gasteiger partial charge is 0.247 e. The molecule has 0 N–H and O–H groups in total. The van der Waals surface area contributed by atoms with Gasteiger partial charge in [0.1, 0.15) is 11.5 Å². The maximum absolute atomic E-state index is 14.2. The van der Waals surface area contributed by atoms with E-state index in [9.17, 15) is 9.59 Å². The summed E-state index contributed by atoms with van der Waals surface area (Å²) in [4.78, 5) is 28.4. The molecule has 32 heavy (non-hydrogen) atoms. The molecule has 4 aromatic rings. The summed E-state index contributed by atoms with van der Waals surface area (Å²) in [6.45, 7) is 0. The molecule has 4 aromatic carbocycles. The van der Waals surface area contributed by atoms with E-state index in [2.05, 4.69) is 0 Å². The third kappa shape index (κ3) is 2.21. The van der Waals surface area contributed by atoms with E-state index in [1.807, 2.05) is 72.8 Å². The van der Waals surface area contributed by atoms with E-state index in [0.29, 0.717) is 33.8 Å². The van der Waals surface area contributed by atoms with Gasteiger partial charge in [0.15, 0.2) is 0 Å². The SMILES string of the molecule is O=C1c2ccccc2OC1(c1ccccc1)C1(c2ccccc2)Oc2ccccc2C1=O. The van der Waals surface area contributed by atoms with Crippen molar-refractivity contribution in [3.05, 3.63) is 131 Å². The lowest BCUT2D eigenvalue weighted by Gasteiger charge is -2.42. The van der Waals surface area contributed by atoms with Crippen LogP contribution in [0.3, 0.4) is 0 Å². The zero-order chi connectivity index (χ0) is 21.8. The van der Waals surface area contributed by atoms with Crippen molar-refractivity contribution in [1.29, 1.82) is 0 Å². The molecule has 0 bridgehead atoms. The Morgan fingerprint density at radius 3 is 1.16 bits per heavy atom. The predicted octanol–water partition coefficient (Wildman–Crippen LogP) is 5.33. The summed E-state index contributed by atoms with van der Waals surface area (Å²) in [6, 6.07) is 32.5. The van der Waals surface area contributed by atoms with Crippen LogP contribution in [0.25, 0.3) is 0 Å². The molecule has 0 radical (unpaired) electrons. The van der Waals surface area contributed by atoms with Gasteiger partial charge >= 0.3 is 0 Å². The Hall–Kier alpha value is -4.18. The average molecular weight is 418 g/mol. The highest BCUT2D eigenvalue weighted by molar-refractivity contribution is 6.17. The van der Waals surface area contributed by atoms with Crippen LogP contribution in [0, 0.1) is 0 Å². The van der Waals surface area contributed by atoms with Gasteiger partial charge in [-0.2, -0.15) is 0 Å². The van der Waals surface area contributed by atoms with Gasteiger partial charge in [0.25, 0.3) is 0 Å². The van der Waals surface area contributed by atoms with E-state index in [1.54, 1.807) is 36.4 Å². The van der Waals surface area contributed by atoms with Crippen molar-refractivity contribution in [2.75, 3.05) is 0 Å². The highest BCUT2D eigenvalue weighted by Crippen LogP contribution is 2.57. The van der Waals surface area contributed by atoms with E-state index in [0.717, 1.165) is 0 Å². The number of hydrogen-bond donors (Lipinski definition) is 0. The number of ketones is 2. The van der Waals surface area contributed by atoms with Crippen LogP contribution in [0.15, 0.2) is 109 Å². The minimum atomic E-state index is -1.73. The highest BCUT2D eigenvalue weighted by Gasteiger charge is 2.72. The number of rotatable bonds is 3. The molecule has 154 valence electrons. The number of fused-ring (bicyclic) bond motifs is 2. The molecular formula is C28H18O4. The van der Waals surface area contributed by atoms with Crippen molar-refractivity contribution < 1.29 is 19.1 Å². The van der Waals surface area contributed by atoms with E-state index >= 15 is 0 Å². The Kier molecular flexibility index (Phi) is 3.87. The average Bonchev–Trinajstić information content (AvgIpc) is 3.34. The summed E-state index contributed by atoms with van der Waals surface area (Å²) in [5.41, 5.74) is -1.47. The van der Waals surface area contributed by atoms with Crippen LogP contribution in [-0.4, -0.2) is 11.6 Å². The van der Waals surface area contributed by atoms with E-state index in [-0.39, 0.29) is 11.6 Å². The number of benzene rings is 4. The summed E-state index contributed by atoms with van der Waals surface area (Å²) in [7, 11) is 0. The minimum absolute atomic E-state index is 0.302. The van der Waals surface area contributed by atoms with Crippen LogP contribution in [0.4, 0.5) is 0 Å². The van der Waals surface area contributed by atoms with E-state index in [1.165, 1.54) is 0 Å². The number of hydrogen-bond acceptors (Lipinski definition) is 4. The summed E-state index contributed by atoms with van der Waals surface area (Å²) in [5, 5.41) is 0. The summed E-state index contributed by atoms with van der Waals surface area (Å²) in [5.74, 6) is 0.265. The molecule has 4 nitrogen and oxygen atoms in total. The zero-order valence-corrected chi connectivity index (χ0v) is 17.0. The lowest BCUT2D eigenvalue weighted by atomic mass is 9.68. The Morgan fingerprint density at radius 2 is 0.781 bits per heavy atom. The van der Waals surface area contributed by atoms with Crippen molar-refractivity contribution in [2.45, 2.75) is 11.2 Å².